The van der Waals surface area contributed by atoms with Gasteiger partial charge in [-0.2, -0.15) is 0 Å². The highest BCUT2D eigenvalue weighted by Gasteiger charge is 2.47. The molecule has 1 fully saturated rings. The zero-order valence-electron chi connectivity index (χ0n) is 16.6. The predicted octanol–water partition coefficient (Wildman–Crippen LogP) is 3.59. The molecule has 0 radical (unpaired) electrons. The van der Waals surface area contributed by atoms with Crippen molar-refractivity contribution in [2.24, 2.45) is 5.92 Å². The number of carbonyl (C=O) groups excluding carboxylic acids is 1. The maximum absolute atomic E-state index is 14.0. The molecule has 0 bridgehead atoms. The van der Waals surface area contributed by atoms with Crippen molar-refractivity contribution >= 4 is 26.8 Å². The van der Waals surface area contributed by atoms with E-state index in [1.165, 1.54) is 32.5 Å². The van der Waals surface area contributed by atoms with Crippen LogP contribution in [0.1, 0.15) is 23.5 Å². The van der Waals surface area contributed by atoms with E-state index in [9.17, 15) is 22.0 Å². The Labute approximate surface area is 172 Å². The largest absolute Gasteiger partial charge is 0.275 e. The lowest BCUT2D eigenvalue weighted by Gasteiger charge is -2.13. The van der Waals surface area contributed by atoms with Gasteiger partial charge in [0.2, 0.25) is 5.91 Å². The van der Waals surface area contributed by atoms with Gasteiger partial charge in [0.15, 0.2) is 11.6 Å². The number of benzene rings is 2. The first-order valence-electron chi connectivity index (χ1n) is 9.29. The van der Waals surface area contributed by atoms with Crippen molar-refractivity contribution in [1.29, 1.82) is 0 Å². The van der Waals surface area contributed by atoms with Gasteiger partial charge < -0.3 is 0 Å². The van der Waals surface area contributed by atoms with E-state index in [0.29, 0.717) is 12.0 Å². The molecule has 0 saturated heterocycles. The summed E-state index contributed by atoms with van der Waals surface area (Å²) in [6, 6.07) is 8.12. The highest BCUT2D eigenvalue weighted by molar-refractivity contribution is 7.90. The molecule has 4 rings (SSSR count). The van der Waals surface area contributed by atoms with Crippen LogP contribution in [-0.4, -0.2) is 37.5 Å². The third kappa shape index (κ3) is 3.27. The van der Waals surface area contributed by atoms with Gasteiger partial charge in [-0.25, -0.2) is 26.2 Å². The fourth-order valence-electron chi connectivity index (χ4n) is 3.67. The molecule has 6 nitrogen and oxygen atoms in total. The van der Waals surface area contributed by atoms with Crippen molar-refractivity contribution in [2.75, 3.05) is 14.2 Å². The third-order valence-electron chi connectivity index (χ3n) is 5.51. The van der Waals surface area contributed by atoms with Gasteiger partial charge in [-0.1, -0.05) is 17.7 Å². The number of hydrogen-bond acceptors (Lipinski definition) is 4. The number of fused-ring (bicyclic) bond motifs is 1. The molecule has 1 saturated carbocycles. The van der Waals surface area contributed by atoms with Crippen molar-refractivity contribution < 1.29 is 26.8 Å². The zero-order chi connectivity index (χ0) is 21.8. The number of amides is 1. The normalized spacial score (nSPS) is 18.6. The van der Waals surface area contributed by atoms with Crippen LogP contribution in [0.25, 0.3) is 10.9 Å². The molecule has 1 heterocycles. The Bertz CT molecular complexity index is 1250. The van der Waals surface area contributed by atoms with Crippen LogP contribution >= 0.6 is 0 Å². The molecule has 0 aliphatic heterocycles. The lowest BCUT2D eigenvalue weighted by atomic mass is 10.1. The Kier molecular flexibility index (Phi) is 4.90. The molecule has 30 heavy (non-hydrogen) atoms. The third-order valence-corrected chi connectivity index (χ3v) is 7.20. The van der Waals surface area contributed by atoms with E-state index < -0.39 is 27.6 Å². The van der Waals surface area contributed by atoms with Crippen LogP contribution in [0.5, 0.6) is 0 Å². The summed E-state index contributed by atoms with van der Waals surface area (Å²) < 4.78 is 55.4. The molecule has 3 aromatic rings. The molecule has 2 unspecified atom stereocenters. The highest BCUT2D eigenvalue weighted by atomic mass is 32.2. The molecule has 1 amide bonds. The monoisotopic (exact) mass is 434 g/mol. The van der Waals surface area contributed by atoms with E-state index in [1.807, 2.05) is 6.92 Å². The molecule has 1 aromatic heterocycles. The molecule has 158 valence electrons. The highest BCUT2D eigenvalue weighted by Crippen LogP contribution is 2.51. The van der Waals surface area contributed by atoms with E-state index in [4.69, 9.17) is 4.84 Å². The Balaban J connectivity index is 1.85. The molecule has 1 aliphatic carbocycles. The van der Waals surface area contributed by atoms with Crippen LogP contribution in [0.4, 0.5) is 8.78 Å². The Morgan fingerprint density at radius 1 is 1.17 bits per heavy atom. The summed E-state index contributed by atoms with van der Waals surface area (Å²) in [5, 5.41) is 1.37. The average molecular weight is 434 g/mol. The van der Waals surface area contributed by atoms with Crippen molar-refractivity contribution in [3.8, 4) is 0 Å². The molecule has 1 aliphatic rings. The zero-order valence-corrected chi connectivity index (χ0v) is 17.4. The van der Waals surface area contributed by atoms with E-state index in [1.54, 1.807) is 12.1 Å². The molecule has 0 spiro atoms. The number of nitrogens with zero attached hydrogens (tertiary/aromatic N) is 2. The van der Waals surface area contributed by atoms with E-state index in [2.05, 4.69) is 0 Å². The first kappa shape index (κ1) is 20.5. The molecular formula is C21H20F2N2O4S. The number of aryl methyl sites for hydroxylation is 1. The quantitative estimate of drug-likeness (QED) is 0.576. The van der Waals surface area contributed by atoms with E-state index in [0.717, 1.165) is 26.7 Å². The van der Waals surface area contributed by atoms with Gasteiger partial charge >= 0.3 is 0 Å². The first-order valence-corrected chi connectivity index (χ1v) is 10.7. The minimum absolute atomic E-state index is 0.0303. The topological polar surface area (TPSA) is 68.6 Å². The SMILES string of the molecule is CON(C)C(=O)C1CC1c1cn(S(=O)(=O)c2ccc(C)cc2)c2cc(F)c(F)cc12. The summed E-state index contributed by atoms with van der Waals surface area (Å²) >= 11 is 0. The maximum atomic E-state index is 14.0. The number of halogens is 2. The predicted molar refractivity (Wildman–Crippen MR) is 106 cm³/mol. The van der Waals surface area contributed by atoms with Gasteiger partial charge in [0.05, 0.1) is 17.5 Å². The van der Waals surface area contributed by atoms with Gasteiger partial charge in [0.25, 0.3) is 10.0 Å². The van der Waals surface area contributed by atoms with Crippen molar-refractivity contribution in [1.82, 2.24) is 9.04 Å². The van der Waals surface area contributed by atoms with Gasteiger partial charge in [0, 0.05) is 30.6 Å². The summed E-state index contributed by atoms with van der Waals surface area (Å²) in [7, 11) is -1.20. The Hall–Kier alpha value is -2.78. The fraction of sp³-hybridized carbons (Fsp3) is 0.286. The minimum Gasteiger partial charge on any atom is -0.275 e. The minimum atomic E-state index is -4.05. The summed E-state index contributed by atoms with van der Waals surface area (Å²) in [5.74, 6) is -3.20. The van der Waals surface area contributed by atoms with E-state index in [-0.39, 0.29) is 27.6 Å². The van der Waals surface area contributed by atoms with Crippen LogP contribution in [0, 0.1) is 24.5 Å². The van der Waals surface area contributed by atoms with Crippen molar-refractivity contribution in [3.05, 3.63) is 65.4 Å². The molecule has 2 aromatic carbocycles. The fourth-order valence-corrected chi connectivity index (χ4v) is 5.04. The Morgan fingerprint density at radius 2 is 1.80 bits per heavy atom. The van der Waals surface area contributed by atoms with Gasteiger partial charge in [-0.15, -0.1) is 0 Å². The van der Waals surface area contributed by atoms with Gasteiger partial charge in [-0.05, 0) is 43.0 Å². The smallest absolute Gasteiger partial charge is 0.268 e. The Morgan fingerprint density at radius 3 is 2.43 bits per heavy atom. The summed E-state index contributed by atoms with van der Waals surface area (Å²) in [6.07, 6.45) is 1.83. The maximum Gasteiger partial charge on any atom is 0.268 e. The molecule has 2 atom stereocenters. The summed E-state index contributed by atoms with van der Waals surface area (Å²) in [5.41, 5.74) is 1.41. The first-order chi connectivity index (χ1) is 14.1. The van der Waals surface area contributed by atoms with Crippen LogP contribution in [0.2, 0.25) is 0 Å². The standard InChI is InChI=1S/C21H20F2N2O4S/c1-12-4-6-13(7-5-12)30(27,28)25-11-17(14-8-16(14)21(26)24(2)29-3)15-9-18(22)19(23)10-20(15)25/h4-7,9-11,14,16H,8H2,1-3H3. The van der Waals surface area contributed by atoms with Crippen LogP contribution < -0.4 is 0 Å². The van der Waals surface area contributed by atoms with Crippen molar-refractivity contribution in [3.63, 3.8) is 0 Å². The lowest BCUT2D eigenvalue weighted by Crippen LogP contribution is -2.27. The lowest BCUT2D eigenvalue weighted by molar-refractivity contribution is -0.170. The summed E-state index contributed by atoms with van der Waals surface area (Å²) in [6.45, 7) is 1.83. The number of carbonyl (C=O) groups is 1. The second kappa shape index (κ2) is 7.17. The summed E-state index contributed by atoms with van der Waals surface area (Å²) in [4.78, 5) is 17.3. The second-order valence-corrected chi connectivity index (χ2v) is 9.26. The molecule has 9 heteroatoms. The average Bonchev–Trinajstić information content (AvgIpc) is 3.42. The number of aromatic nitrogens is 1. The van der Waals surface area contributed by atoms with Crippen LogP contribution in [0.3, 0.4) is 0 Å². The van der Waals surface area contributed by atoms with Gasteiger partial charge in [0.1, 0.15) is 0 Å². The number of hydroxylamine groups is 2. The van der Waals surface area contributed by atoms with Gasteiger partial charge in [-0.3, -0.25) is 9.63 Å². The molecule has 0 N–H and O–H groups in total. The van der Waals surface area contributed by atoms with Crippen LogP contribution in [0.15, 0.2) is 47.5 Å². The number of rotatable bonds is 5. The second-order valence-electron chi connectivity index (χ2n) is 7.45. The number of hydrogen-bond donors (Lipinski definition) is 0. The van der Waals surface area contributed by atoms with Crippen molar-refractivity contribution in [2.45, 2.75) is 24.2 Å². The van der Waals surface area contributed by atoms with Crippen LogP contribution in [-0.2, 0) is 19.7 Å². The van der Waals surface area contributed by atoms with E-state index >= 15 is 0 Å². The molecular weight excluding hydrogens is 414 g/mol.